The van der Waals surface area contributed by atoms with Gasteiger partial charge < -0.3 is 14.0 Å². The van der Waals surface area contributed by atoms with E-state index in [0.717, 1.165) is 46.2 Å². The van der Waals surface area contributed by atoms with E-state index in [1.54, 1.807) is 24.3 Å². The summed E-state index contributed by atoms with van der Waals surface area (Å²) in [7, 11) is 1.34. The molecular weight excluding hydrogens is 523 g/mol. The Hall–Kier alpha value is -3.87. The van der Waals surface area contributed by atoms with Crippen molar-refractivity contribution >= 4 is 40.1 Å². The molecule has 192 valence electrons. The van der Waals surface area contributed by atoms with Gasteiger partial charge in [-0.1, -0.05) is 65.6 Å². The van der Waals surface area contributed by atoms with Crippen LogP contribution in [-0.4, -0.2) is 23.2 Å². The predicted octanol–water partition coefficient (Wildman–Crippen LogP) is 8.18. The van der Waals surface area contributed by atoms with E-state index in [0.29, 0.717) is 27.1 Å². The van der Waals surface area contributed by atoms with E-state index in [2.05, 4.69) is 17.1 Å². The second kappa shape index (κ2) is 11.3. The molecule has 5 aromatic rings. The molecule has 0 aliphatic heterocycles. The Balaban J connectivity index is 1.36. The number of benzene rings is 3. The van der Waals surface area contributed by atoms with Crippen molar-refractivity contribution in [3.8, 4) is 28.1 Å². The lowest BCUT2D eigenvalue weighted by Crippen LogP contribution is -2.03. The molecule has 2 aromatic heterocycles. The highest BCUT2D eigenvalue weighted by atomic mass is 35.5. The highest BCUT2D eigenvalue weighted by molar-refractivity contribution is 6.39. The van der Waals surface area contributed by atoms with E-state index in [1.165, 1.54) is 7.11 Å². The number of hydrogen-bond donors (Lipinski definition) is 0. The van der Waals surface area contributed by atoms with Gasteiger partial charge in [0.25, 0.3) is 0 Å². The zero-order valence-electron chi connectivity index (χ0n) is 20.8. The fourth-order valence-electron chi connectivity index (χ4n) is 4.26. The molecule has 6 nitrogen and oxygen atoms in total. The molecular formula is C30H24Cl2N2O4. The lowest BCUT2D eigenvalue weighted by Gasteiger charge is -2.10. The molecule has 0 saturated heterocycles. The number of aryl methyl sites for hydroxylation is 1. The van der Waals surface area contributed by atoms with Crippen molar-refractivity contribution < 1.29 is 18.8 Å². The van der Waals surface area contributed by atoms with Gasteiger partial charge >= 0.3 is 5.97 Å². The SMILES string of the molecule is CCCc1onc(-c2c(Cl)cccc2Cl)c1COc1ccc(-c2ccc3nc(C(=O)OC)ccc3c2)cc1. The van der Waals surface area contributed by atoms with E-state index in [-0.39, 0.29) is 12.3 Å². The van der Waals surface area contributed by atoms with Crippen LogP contribution in [-0.2, 0) is 17.8 Å². The number of aromatic nitrogens is 2. The van der Waals surface area contributed by atoms with Crippen LogP contribution in [0.25, 0.3) is 33.3 Å². The molecule has 8 heteroatoms. The Morgan fingerprint density at radius 1 is 0.947 bits per heavy atom. The third-order valence-corrected chi connectivity index (χ3v) is 6.83. The minimum absolute atomic E-state index is 0.263. The number of nitrogens with zero attached hydrogens (tertiary/aromatic N) is 2. The van der Waals surface area contributed by atoms with Crippen LogP contribution >= 0.6 is 23.2 Å². The number of ether oxygens (including phenoxy) is 2. The van der Waals surface area contributed by atoms with Crippen LogP contribution in [0.2, 0.25) is 10.0 Å². The lowest BCUT2D eigenvalue weighted by molar-refractivity contribution is 0.0594. The first-order valence-corrected chi connectivity index (χ1v) is 12.9. The Morgan fingerprint density at radius 2 is 1.68 bits per heavy atom. The number of pyridine rings is 1. The standard InChI is InChI=1S/C30H24Cl2N2O4/c1-3-5-27-22(29(34-38-27)28-23(31)6-4-7-24(28)32)17-37-21-12-8-18(9-13-21)19-10-14-25-20(16-19)11-15-26(33-25)30(35)36-2/h4,6-16H,3,5,17H2,1-2H3. The summed E-state index contributed by atoms with van der Waals surface area (Å²) in [5, 5.41) is 6.22. The molecule has 0 amide bonds. The molecule has 0 aliphatic rings. The first kappa shape index (κ1) is 25.8. The molecule has 2 heterocycles. The van der Waals surface area contributed by atoms with Crippen LogP contribution in [0.15, 0.2) is 77.3 Å². The number of hydrogen-bond acceptors (Lipinski definition) is 6. The molecule has 0 saturated carbocycles. The quantitative estimate of drug-likeness (QED) is 0.182. The normalized spacial score (nSPS) is 11.1. The summed E-state index contributed by atoms with van der Waals surface area (Å²) in [5.74, 6) is 1.01. The monoisotopic (exact) mass is 546 g/mol. The largest absolute Gasteiger partial charge is 0.489 e. The number of methoxy groups -OCH3 is 1. The maximum Gasteiger partial charge on any atom is 0.356 e. The van der Waals surface area contributed by atoms with Crippen LogP contribution in [0.1, 0.15) is 35.2 Å². The highest BCUT2D eigenvalue weighted by Gasteiger charge is 2.22. The average molecular weight is 547 g/mol. The molecule has 5 rings (SSSR count). The van der Waals surface area contributed by atoms with Gasteiger partial charge in [-0.05, 0) is 60.0 Å². The van der Waals surface area contributed by atoms with Crippen molar-refractivity contribution in [2.75, 3.05) is 7.11 Å². The number of fused-ring (bicyclic) bond motifs is 1. The number of halogens is 2. The molecule has 0 radical (unpaired) electrons. The fraction of sp³-hybridized carbons (Fsp3) is 0.167. The van der Waals surface area contributed by atoms with Crippen molar-refractivity contribution in [1.29, 1.82) is 0 Å². The van der Waals surface area contributed by atoms with Gasteiger partial charge in [-0.15, -0.1) is 0 Å². The van der Waals surface area contributed by atoms with Gasteiger partial charge in [0.05, 0.1) is 28.2 Å². The van der Waals surface area contributed by atoms with Crippen molar-refractivity contribution in [1.82, 2.24) is 10.1 Å². The third-order valence-electron chi connectivity index (χ3n) is 6.20. The molecule has 0 aliphatic carbocycles. The van der Waals surface area contributed by atoms with Crippen molar-refractivity contribution in [2.24, 2.45) is 0 Å². The van der Waals surface area contributed by atoms with Gasteiger partial charge in [-0.3, -0.25) is 0 Å². The summed E-state index contributed by atoms with van der Waals surface area (Å²) in [6.07, 6.45) is 1.63. The Morgan fingerprint density at radius 3 is 2.39 bits per heavy atom. The second-order valence-electron chi connectivity index (χ2n) is 8.69. The molecule has 3 aromatic carbocycles. The summed E-state index contributed by atoms with van der Waals surface area (Å²) in [6.45, 7) is 2.34. The van der Waals surface area contributed by atoms with Gasteiger partial charge in [0, 0.05) is 17.4 Å². The number of carbonyl (C=O) groups excluding carboxylic acids is 1. The summed E-state index contributed by atoms with van der Waals surface area (Å²) in [6, 6.07) is 22.6. The predicted molar refractivity (Wildman–Crippen MR) is 149 cm³/mol. The van der Waals surface area contributed by atoms with Gasteiger partial charge in [0.2, 0.25) is 0 Å². The third kappa shape index (κ3) is 5.23. The lowest BCUT2D eigenvalue weighted by atomic mass is 10.0. The van der Waals surface area contributed by atoms with Crippen molar-refractivity contribution in [3.05, 3.63) is 99.9 Å². The number of carbonyl (C=O) groups is 1. The first-order chi connectivity index (χ1) is 18.5. The summed E-state index contributed by atoms with van der Waals surface area (Å²) < 4.78 is 16.6. The summed E-state index contributed by atoms with van der Waals surface area (Å²) in [4.78, 5) is 16.1. The van der Waals surface area contributed by atoms with E-state index in [9.17, 15) is 4.79 Å². The van der Waals surface area contributed by atoms with E-state index in [4.69, 9.17) is 37.2 Å². The van der Waals surface area contributed by atoms with Gasteiger partial charge in [-0.25, -0.2) is 9.78 Å². The van der Waals surface area contributed by atoms with Crippen LogP contribution in [0.3, 0.4) is 0 Å². The summed E-state index contributed by atoms with van der Waals surface area (Å²) >= 11 is 12.9. The van der Waals surface area contributed by atoms with E-state index >= 15 is 0 Å². The molecule has 0 unspecified atom stereocenters. The fourth-order valence-corrected chi connectivity index (χ4v) is 4.83. The highest BCUT2D eigenvalue weighted by Crippen LogP contribution is 2.37. The van der Waals surface area contributed by atoms with Gasteiger partial charge in [-0.2, -0.15) is 0 Å². The Bertz CT molecular complexity index is 1590. The molecule has 38 heavy (non-hydrogen) atoms. The van der Waals surface area contributed by atoms with Crippen molar-refractivity contribution in [2.45, 2.75) is 26.4 Å². The van der Waals surface area contributed by atoms with E-state index < -0.39 is 5.97 Å². The van der Waals surface area contributed by atoms with Crippen molar-refractivity contribution in [3.63, 3.8) is 0 Å². The van der Waals surface area contributed by atoms with Gasteiger partial charge in [0.15, 0.2) is 0 Å². The molecule has 0 spiro atoms. The maximum absolute atomic E-state index is 11.8. The minimum Gasteiger partial charge on any atom is -0.489 e. The minimum atomic E-state index is -0.457. The zero-order valence-corrected chi connectivity index (χ0v) is 22.3. The molecule has 0 fully saturated rings. The summed E-state index contributed by atoms with van der Waals surface area (Å²) in [5.41, 5.74) is 5.13. The molecule has 0 bridgehead atoms. The number of rotatable bonds is 8. The van der Waals surface area contributed by atoms with E-state index in [1.807, 2.05) is 48.5 Å². The number of esters is 1. The molecule has 0 N–H and O–H groups in total. The van der Waals surface area contributed by atoms with Crippen LogP contribution < -0.4 is 4.74 Å². The first-order valence-electron chi connectivity index (χ1n) is 12.1. The maximum atomic E-state index is 11.8. The zero-order chi connectivity index (χ0) is 26.6. The Labute approximate surface area is 230 Å². The smallest absolute Gasteiger partial charge is 0.356 e. The topological polar surface area (TPSA) is 74.5 Å². The van der Waals surface area contributed by atoms with Crippen LogP contribution in [0.5, 0.6) is 5.75 Å². The van der Waals surface area contributed by atoms with Gasteiger partial charge in [0.1, 0.15) is 29.5 Å². The second-order valence-corrected chi connectivity index (χ2v) is 9.50. The van der Waals surface area contributed by atoms with Crippen LogP contribution in [0.4, 0.5) is 0 Å². The average Bonchev–Trinajstić information content (AvgIpc) is 3.33. The van der Waals surface area contributed by atoms with Crippen LogP contribution in [0, 0.1) is 0 Å². The Kier molecular flexibility index (Phi) is 7.63. The molecule has 0 atom stereocenters.